The van der Waals surface area contributed by atoms with Gasteiger partial charge in [-0.2, -0.15) is 0 Å². The number of ether oxygens (including phenoxy) is 2. The fourth-order valence-electron chi connectivity index (χ4n) is 11.9. The topological polar surface area (TPSA) is 58.9 Å². The van der Waals surface area contributed by atoms with Crippen molar-refractivity contribution < 1.29 is 19.7 Å². The van der Waals surface area contributed by atoms with E-state index in [2.05, 4.69) is 90.1 Å². The highest BCUT2D eigenvalue weighted by Gasteiger charge is 2.37. The van der Waals surface area contributed by atoms with Crippen LogP contribution in [0.15, 0.2) is 84.9 Å². The minimum Gasteiger partial charge on any atom is -0.507 e. The Kier molecular flexibility index (Phi) is 11.8. The van der Waals surface area contributed by atoms with Gasteiger partial charge in [-0.25, -0.2) is 0 Å². The van der Waals surface area contributed by atoms with Crippen LogP contribution in [0, 0.1) is 19.3 Å². The number of phenolic OH excluding ortho intramolecular Hbond substituents is 2. The lowest BCUT2D eigenvalue weighted by Crippen LogP contribution is -2.43. The standard InChI is InChI=1S/C61H68O4/c1-37-31-51(59(62)53(33-37)57-45-23-11-7-19-41(45)35-42-20-8-12-24-46(42)57)49-27-15-17-29-55(49)64-39(3)61(5,6)40(4)65-56-30-18-16-28-50(56)52-32-38(2)34-54(60(52)63)58-47-25-13-9-21-43(47)36-44-22-10-14-26-48(44)58/h15-18,27-36,39-40,62-63H,7-14,19-26H2,1-6H3/t39-,40?/m0/s1. The largest absolute Gasteiger partial charge is 0.507 e. The summed E-state index contributed by atoms with van der Waals surface area (Å²) in [5, 5.41) is 24.9. The maximum Gasteiger partial charge on any atom is 0.131 e. The van der Waals surface area contributed by atoms with Crippen molar-refractivity contribution in [3.8, 4) is 67.5 Å². The Morgan fingerprint density at radius 2 is 0.723 bits per heavy atom. The molecule has 4 nitrogen and oxygen atoms in total. The number of aryl methyl sites for hydroxylation is 6. The molecule has 0 saturated carbocycles. The van der Waals surface area contributed by atoms with Gasteiger partial charge in [-0.3, -0.25) is 0 Å². The number of benzene rings is 6. The van der Waals surface area contributed by atoms with Gasteiger partial charge in [0.15, 0.2) is 0 Å². The number of fused-ring (bicyclic) bond motifs is 4. The second-order valence-electron chi connectivity index (χ2n) is 20.6. The molecule has 65 heavy (non-hydrogen) atoms. The van der Waals surface area contributed by atoms with Gasteiger partial charge in [0.2, 0.25) is 0 Å². The van der Waals surface area contributed by atoms with Crippen LogP contribution in [0.4, 0.5) is 0 Å². The Labute approximate surface area is 388 Å². The van der Waals surface area contributed by atoms with E-state index < -0.39 is 5.41 Å². The normalized spacial score (nSPS) is 16.7. The van der Waals surface area contributed by atoms with Crippen molar-refractivity contribution in [2.45, 2.75) is 156 Å². The molecular formula is C61H68O4. The summed E-state index contributed by atoms with van der Waals surface area (Å²) in [5.74, 6) is 2.17. The van der Waals surface area contributed by atoms with Gasteiger partial charge < -0.3 is 19.7 Å². The number of hydrogen-bond acceptors (Lipinski definition) is 4. The molecule has 0 amide bonds. The molecule has 0 heterocycles. The summed E-state index contributed by atoms with van der Waals surface area (Å²) in [6, 6.07) is 30.0. The molecule has 336 valence electrons. The molecular weight excluding hydrogens is 797 g/mol. The zero-order valence-corrected chi connectivity index (χ0v) is 39.8. The summed E-state index contributed by atoms with van der Waals surface area (Å²) in [4.78, 5) is 0. The number of aromatic hydroxyl groups is 2. The molecule has 6 aromatic carbocycles. The average molecular weight is 865 g/mol. The first kappa shape index (κ1) is 43.4. The van der Waals surface area contributed by atoms with E-state index in [9.17, 15) is 10.2 Å². The molecule has 0 radical (unpaired) electrons. The van der Waals surface area contributed by atoms with Crippen molar-refractivity contribution in [2.24, 2.45) is 5.41 Å². The van der Waals surface area contributed by atoms with Crippen molar-refractivity contribution in [3.63, 3.8) is 0 Å². The third-order valence-electron chi connectivity index (χ3n) is 16.1. The van der Waals surface area contributed by atoms with Crippen molar-refractivity contribution in [3.05, 3.63) is 141 Å². The van der Waals surface area contributed by atoms with Crippen LogP contribution in [0.2, 0.25) is 0 Å². The van der Waals surface area contributed by atoms with Crippen LogP contribution in [0.1, 0.15) is 135 Å². The van der Waals surface area contributed by atoms with Gasteiger partial charge in [0.1, 0.15) is 35.2 Å². The van der Waals surface area contributed by atoms with Crippen LogP contribution < -0.4 is 9.47 Å². The zero-order chi connectivity index (χ0) is 45.0. The first-order valence-corrected chi connectivity index (χ1v) is 25.0. The van der Waals surface area contributed by atoms with Crippen LogP contribution in [0.25, 0.3) is 44.5 Å². The number of phenols is 2. The number of hydrogen-bond donors (Lipinski definition) is 2. The monoisotopic (exact) mass is 865 g/mol. The van der Waals surface area contributed by atoms with Gasteiger partial charge in [-0.1, -0.05) is 62.4 Å². The third-order valence-corrected chi connectivity index (χ3v) is 16.1. The van der Waals surface area contributed by atoms with Crippen molar-refractivity contribution in [2.75, 3.05) is 0 Å². The molecule has 0 aliphatic heterocycles. The maximum atomic E-state index is 12.4. The summed E-state index contributed by atoms with van der Waals surface area (Å²) in [7, 11) is 0. The van der Waals surface area contributed by atoms with E-state index in [0.717, 1.165) is 107 Å². The summed E-state index contributed by atoms with van der Waals surface area (Å²) in [6.07, 6.45) is 18.0. The van der Waals surface area contributed by atoms with Crippen molar-refractivity contribution in [1.82, 2.24) is 0 Å². The smallest absolute Gasteiger partial charge is 0.131 e. The molecule has 4 aliphatic carbocycles. The predicted molar refractivity (Wildman–Crippen MR) is 268 cm³/mol. The first-order valence-electron chi connectivity index (χ1n) is 25.0. The molecule has 0 bridgehead atoms. The van der Waals surface area contributed by atoms with E-state index in [0.29, 0.717) is 11.5 Å². The van der Waals surface area contributed by atoms with Crippen LogP contribution in [0.3, 0.4) is 0 Å². The van der Waals surface area contributed by atoms with E-state index in [1.807, 2.05) is 36.4 Å². The number of para-hydroxylation sites is 2. The minimum absolute atomic E-state index is 0.264. The summed E-state index contributed by atoms with van der Waals surface area (Å²) in [5.41, 5.74) is 21.5. The lowest BCUT2D eigenvalue weighted by Gasteiger charge is -2.38. The van der Waals surface area contributed by atoms with Crippen LogP contribution >= 0.6 is 0 Å². The molecule has 2 N–H and O–H groups in total. The third kappa shape index (κ3) is 8.04. The first-order chi connectivity index (χ1) is 31.5. The molecule has 2 atom stereocenters. The Hall–Kier alpha value is -5.48. The van der Waals surface area contributed by atoms with Gasteiger partial charge in [0, 0.05) is 38.8 Å². The molecule has 0 fully saturated rings. The lowest BCUT2D eigenvalue weighted by molar-refractivity contribution is -0.00280. The highest BCUT2D eigenvalue weighted by Crippen LogP contribution is 2.50. The molecule has 0 saturated heterocycles. The van der Waals surface area contributed by atoms with Crippen molar-refractivity contribution in [1.29, 1.82) is 0 Å². The van der Waals surface area contributed by atoms with Gasteiger partial charge in [-0.05, 0) is 234 Å². The van der Waals surface area contributed by atoms with Crippen LogP contribution in [0.5, 0.6) is 23.0 Å². The molecule has 10 rings (SSSR count). The maximum absolute atomic E-state index is 12.4. The molecule has 1 unspecified atom stereocenters. The summed E-state index contributed by atoms with van der Waals surface area (Å²) >= 11 is 0. The summed E-state index contributed by atoms with van der Waals surface area (Å²) < 4.78 is 14.0. The van der Waals surface area contributed by atoms with Gasteiger partial charge >= 0.3 is 0 Å². The van der Waals surface area contributed by atoms with Gasteiger partial charge in [-0.15, -0.1) is 0 Å². The SMILES string of the molecule is Cc1cc(-c2ccccc2OC(C)C(C)(C)[C@H](C)Oc2ccccc2-c2cc(C)cc(-c3c4c(cc5c3CCCC5)CCCC4)c2O)c(O)c(-c2c3c(cc4c2CCCC4)CCCC3)c1. The van der Waals surface area contributed by atoms with Gasteiger partial charge in [0.25, 0.3) is 0 Å². The van der Waals surface area contributed by atoms with Crippen molar-refractivity contribution >= 4 is 0 Å². The molecule has 6 aromatic rings. The van der Waals surface area contributed by atoms with E-state index in [1.54, 1.807) is 0 Å². The molecule has 4 heteroatoms. The fourth-order valence-corrected chi connectivity index (χ4v) is 11.9. The Balaban J connectivity index is 0.955. The fraction of sp³-hybridized carbons (Fsp3) is 0.410. The second kappa shape index (κ2) is 17.7. The predicted octanol–water partition coefficient (Wildman–Crippen LogP) is 15.2. The average Bonchev–Trinajstić information content (AvgIpc) is 3.31. The molecule has 0 spiro atoms. The Morgan fingerprint density at radius 1 is 0.415 bits per heavy atom. The van der Waals surface area contributed by atoms with E-state index in [-0.39, 0.29) is 12.2 Å². The Bertz CT molecular complexity index is 2530. The van der Waals surface area contributed by atoms with E-state index in [1.165, 1.54) is 107 Å². The zero-order valence-electron chi connectivity index (χ0n) is 39.8. The van der Waals surface area contributed by atoms with Crippen LogP contribution in [-0.4, -0.2) is 22.4 Å². The highest BCUT2D eigenvalue weighted by atomic mass is 16.5. The van der Waals surface area contributed by atoms with E-state index >= 15 is 0 Å². The quantitative estimate of drug-likeness (QED) is 0.144. The second-order valence-corrected chi connectivity index (χ2v) is 20.6. The minimum atomic E-state index is -0.454. The lowest BCUT2D eigenvalue weighted by atomic mass is 9.76. The van der Waals surface area contributed by atoms with Gasteiger partial charge in [0.05, 0.1) is 0 Å². The Morgan fingerprint density at radius 3 is 1.08 bits per heavy atom. The molecule has 0 aromatic heterocycles. The van der Waals surface area contributed by atoms with Crippen LogP contribution in [-0.2, 0) is 51.4 Å². The number of rotatable bonds is 10. The molecule has 4 aliphatic rings. The summed E-state index contributed by atoms with van der Waals surface area (Å²) in [6.45, 7) is 13.0. The van der Waals surface area contributed by atoms with E-state index in [4.69, 9.17) is 9.47 Å². The highest BCUT2D eigenvalue weighted by molar-refractivity contribution is 5.90.